The summed E-state index contributed by atoms with van der Waals surface area (Å²) in [6.45, 7) is 5.52. The number of benzene rings is 1. The monoisotopic (exact) mass is 217 g/mol. The molecule has 1 nitrogen and oxygen atoms in total. The van der Waals surface area contributed by atoms with Crippen LogP contribution in [0.4, 0.5) is 0 Å². The van der Waals surface area contributed by atoms with Crippen LogP contribution >= 0.6 is 0 Å². The average Bonchev–Trinajstić information content (AvgIpc) is 2.19. The Kier molecular flexibility index (Phi) is 4.00. The van der Waals surface area contributed by atoms with E-state index in [-0.39, 0.29) is 0 Å². The smallest absolute Gasteiger partial charge is 0.0136 e. The Labute approximate surface area is 99.3 Å². The van der Waals surface area contributed by atoms with Crippen molar-refractivity contribution in [2.24, 2.45) is 5.92 Å². The van der Waals surface area contributed by atoms with Gasteiger partial charge in [-0.15, -0.1) is 0 Å². The van der Waals surface area contributed by atoms with Crippen LogP contribution in [0.3, 0.4) is 0 Å². The first-order valence-electron chi connectivity index (χ1n) is 6.59. The van der Waals surface area contributed by atoms with Gasteiger partial charge >= 0.3 is 0 Å². The summed E-state index contributed by atoms with van der Waals surface area (Å²) in [5, 5.41) is 3.66. The van der Waals surface area contributed by atoms with Crippen molar-refractivity contribution in [3.8, 4) is 0 Å². The van der Waals surface area contributed by atoms with Crippen molar-refractivity contribution in [2.75, 3.05) is 6.54 Å². The van der Waals surface area contributed by atoms with Crippen molar-refractivity contribution < 1.29 is 0 Å². The molecule has 1 fully saturated rings. The lowest BCUT2D eigenvalue weighted by atomic mass is 9.77. The Bertz CT molecular complexity index is 328. The third kappa shape index (κ3) is 2.65. The first kappa shape index (κ1) is 11.7. The van der Waals surface area contributed by atoms with Gasteiger partial charge in [0.05, 0.1) is 0 Å². The van der Waals surface area contributed by atoms with E-state index in [2.05, 4.69) is 43.4 Å². The molecular formula is C15H23N. The molecule has 0 aliphatic heterocycles. The van der Waals surface area contributed by atoms with E-state index in [4.69, 9.17) is 0 Å². The molecule has 1 aliphatic carbocycles. The summed E-state index contributed by atoms with van der Waals surface area (Å²) < 4.78 is 0. The summed E-state index contributed by atoms with van der Waals surface area (Å²) >= 11 is 0. The molecule has 0 radical (unpaired) electrons. The first-order chi connectivity index (χ1) is 7.81. The minimum absolute atomic E-state index is 0.694. The molecule has 1 aromatic carbocycles. The fraction of sp³-hybridized carbons (Fsp3) is 0.600. The highest BCUT2D eigenvalue weighted by Gasteiger charge is 2.26. The van der Waals surface area contributed by atoms with E-state index in [9.17, 15) is 0 Å². The minimum atomic E-state index is 0.694. The predicted octanol–water partition coefficient (Wildman–Crippen LogP) is 3.32. The van der Waals surface area contributed by atoms with Crippen LogP contribution in [0.2, 0.25) is 0 Å². The molecule has 88 valence electrons. The Morgan fingerprint density at radius 1 is 1.31 bits per heavy atom. The van der Waals surface area contributed by atoms with Crippen LogP contribution in [-0.4, -0.2) is 12.6 Å². The Morgan fingerprint density at radius 3 is 2.62 bits per heavy atom. The molecule has 16 heavy (non-hydrogen) atoms. The van der Waals surface area contributed by atoms with Gasteiger partial charge in [0.25, 0.3) is 0 Å². The number of likely N-dealkylation sites (N-methyl/N-ethyl adjacent to an activating group) is 1. The topological polar surface area (TPSA) is 12.0 Å². The lowest BCUT2D eigenvalue weighted by Gasteiger charge is -2.34. The summed E-state index contributed by atoms with van der Waals surface area (Å²) in [5.74, 6) is 0.916. The molecule has 1 atom stereocenters. The number of hydrogen-bond acceptors (Lipinski definition) is 1. The zero-order valence-electron chi connectivity index (χ0n) is 10.5. The van der Waals surface area contributed by atoms with E-state index in [1.807, 2.05) is 0 Å². The molecule has 1 unspecified atom stereocenters. The third-order valence-corrected chi connectivity index (χ3v) is 3.89. The van der Waals surface area contributed by atoms with Gasteiger partial charge in [-0.1, -0.05) is 37.6 Å². The van der Waals surface area contributed by atoms with Crippen LogP contribution in [0.1, 0.15) is 37.3 Å². The zero-order valence-corrected chi connectivity index (χ0v) is 10.5. The van der Waals surface area contributed by atoms with Crippen molar-refractivity contribution in [2.45, 2.75) is 45.6 Å². The van der Waals surface area contributed by atoms with Crippen LogP contribution in [0, 0.1) is 12.8 Å². The highest BCUT2D eigenvalue weighted by Crippen LogP contribution is 2.31. The minimum Gasteiger partial charge on any atom is -0.314 e. The van der Waals surface area contributed by atoms with Crippen LogP contribution in [-0.2, 0) is 6.42 Å². The van der Waals surface area contributed by atoms with Gasteiger partial charge in [-0.3, -0.25) is 0 Å². The maximum absolute atomic E-state index is 3.66. The lowest BCUT2D eigenvalue weighted by molar-refractivity contribution is 0.229. The van der Waals surface area contributed by atoms with E-state index >= 15 is 0 Å². The predicted molar refractivity (Wildman–Crippen MR) is 69.7 cm³/mol. The van der Waals surface area contributed by atoms with E-state index in [0.717, 1.165) is 12.5 Å². The third-order valence-electron chi connectivity index (χ3n) is 3.89. The second-order valence-electron chi connectivity index (χ2n) is 4.99. The van der Waals surface area contributed by atoms with Gasteiger partial charge in [0.15, 0.2) is 0 Å². The van der Waals surface area contributed by atoms with Crippen molar-refractivity contribution in [3.05, 3.63) is 35.4 Å². The molecule has 1 aromatic rings. The summed E-state index contributed by atoms with van der Waals surface area (Å²) in [4.78, 5) is 0. The van der Waals surface area contributed by atoms with Crippen LogP contribution in [0.15, 0.2) is 24.3 Å². The first-order valence-corrected chi connectivity index (χ1v) is 6.59. The molecule has 1 N–H and O–H groups in total. The molecule has 1 saturated carbocycles. The van der Waals surface area contributed by atoms with Crippen molar-refractivity contribution in [1.29, 1.82) is 0 Å². The van der Waals surface area contributed by atoms with Gasteiger partial charge in [-0.2, -0.15) is 0 Å². The number of rotatable bonds is 5. The largest absolute Gasteiger partial charge is 0.314 e. The Morgan fingerprint density at radius 2 is 2.06 bits per heavy atom. The molecule has 0 spiro atoms. The van der Waals surface area contributed by atoms with Crippen molar-refractivity contribution in [1.82, 2.24) is 5.32 Å². The van der Waals surface area contributed by atoms with Crippen LogP contribution in [0.5, 0.6) is 0 Å². The molecule has 0 amide bonds. The summed E-state index contributed by atoms with van der Waals surface area (Å²) in [6.07, 6.45) is 5.47. The van der Waals surface area contributed by atoms with Crippen molar-refractivity contribution >= 4 is 0 Å². The van der Waals surface area contributed by atoms with E-state index in [1.165, 1.54) is 36.8 Å². The summed E-state index contributed by atoms with van der Waals surface area (Å²) in [7, 11) is 0. The van der Waals surface area contributed by atoms with E-state index in [0.29, 0.717) is 6.04 Å². The molecule has 0 saturated heterocycles. The Balaban J connectivity index is 2.01. The fourth-order valence-corrected chi connectivity index (χ4v) is 2.59. The molecule has 1 aliphatic rings. The number of aryl methyl sites for hydroxylation is 1. The van der Waals surface area contributed by atoms with Crippen LogP contribution in [0.25, 0.3) is 0 Å². The average molecular weight is 217 g/mol. The quantitative estimate of drug-likeness (QED) is 0.798. The summed E-state index contributed by atoms with van der Waals surface area (Å²) in [5.41, 5.74) is 2.95. The molecule has 2 rings (SSSR count). The van der Waals surface area contributed by atoms with Gasteiger partial charge < -0.3 is 5.32 Å². The number of hydrogen-bond donors (Lipinski definition) is 1. The van der Waals surface area contributed by atoms with Crippen LogP contribution < -0.4 is 5.32 Å². The highest BCUT2D eigenvalue weighted by atomic mass is 14.9. The standard InChI is InChI=1S/C15H23N/c1-3-16-15(13-9-6-10-13)11-14-8-5-4-7-12(14)2/h4-5,7-8,13,15-16H,3,6,9-11H2,1-2H3. The molecule has 0 heterocycles. The summed E-state index contributed by atoms with van der Waals surface area (Å²) in [6, 6.07) is 9.48. The van der Waals surface area contributed by atoms with Gasteiger partial charge in [0.1, 0.15) is 0 Å². The molecule has 1 heteroatoms. The SMILES string of the molecule is CCNC(Cc1ccccc1C)C1CCC1. The van der Waals surface area contributed by atoms with Gasteiger partial charge in [0, 0.05) is 6.04 Å². The second kappa shape index (κ2) is 5.49. The molecule has 0 aromatic heterocycles. The van der Waals surface area contributed by atoms with Gasteiger partial charge in [-0.25, -0.2) is 0 Å². The zero-order chi connectivity index (χ0) is 11.4. The van der Waals surface area contributed by atoms with Gasteiger partial charge in [-0.05, 0) is 49.8 Å². The van der Waals surface area contributed by atoms with Crippen molar-refractivity contribution in [3.63, 3.8) is 0 Å². The van der Waals surface area contributed by atoms with E-state index < -0.39 is 0 Å². The Hall–Kier alpha value is -0.820. The van der Waals surface area contributed by atoms with E-state index in [1.54, 1.807) is 0 Å². The number of nitrogens with one attached hydrogen (secondary N) is 1. The van der Waals surface area contributed by atoms with Gasteiger partial charge in [0.2, 0.25) is 0 Å². The maximum atomic E-state index is 3.66. The maximum Gasteiger partial charge on any atom is 0.0136 e. The fourth-order valence-electron chi connectivity index (χ4n) is 2.59. The lowest BCUT2D eigenvalue weighted by Crippen LogP contribution is -2.41. The second-order valence-corrected chi connectivity index (χ2v) is 4.99. The highest BCUT2D eigenvalue weighted by molar-refractivity contribution is 5.26. The normalized spacial score (nSPS) is 18.1. The molecular weight excluding hydrogens is 194 g/mol. The molecule has 0 bridgehead atoms.